The second kappa shape index (κ2) is 4.26. The number of halogens is 1. The third-order valence-electron chi connectivity index (χ3n) is 3.11. The van der Waals surface area contributed by atoms with Gasteiger partial charge in [-0.15, -0.1) is 0 Å². The lowest BCUT2D eigenvalue weighted by Gasteiger charge is -2.41. The van der Waals surface area contributed by atoms with Crippen molar-refractivity contribution in [1.82, 2.24) is 15.1 Å². The van der Waals surface area contributed by atoms with Gasteiger partial charge in [-0.05, 0) is 49.0 Å². The molecule has 15 heavy (non-hydrogen) atoms. The predicted octanol–water partition coefficient (Wildman–Crippen LogP) is 2.57. The van der Waals surface area contributed by atoms with Crippen molar-refractivity contribution in [2.45, 2.75) is 51.2 Å². The molecule has 1 heterocycles. The topological polar surface area (TPSA) is 29.9 Å². The molecule has 1 aliphatic rings. The van der Waals surface area contributed by atoms with E-state index >= 15 is 0 Å². The van der Waals surface area contributed by atoms with Gasteiger partial charge < -0.3 is 5.32 Å². The molecule has 1 aromatic rings. The SMILES string of the molecule is CC(Cn1cc(Br)cn1)NC1(C)CCC1. The maximum absolute atomic E-state index is 4.26. The molecule has 2 rings (SSSR count). The fourth-order valence-electron chi connectivity index (χ4n) is 2.21. The molecule has 1 atom stereocenters. The molecule has 0 radical (unpaired) electrons. The highest BCUT2D eigenvalue weighted by Gasteiger charge is 2.32. The molecule has 0 aromatic carbocycles. The Bertz CT molecular complexity index is 330. The molecular weight excluding hydrogens is 254 g/mol. The van der Waals surface area contributed by atoms with Gasteiger partial charge in [-0.2, -0.15) is 5.10 Å². The van der Waals surface area contributed by atoms with Gasteiger partial charge in [0.15, 0.2) is 0 Å². The summed E-state index contributed by atoms with van der Waals surface area (Å²) in [6.45, 7) is 5.46. The molecular formula is C11H18BrN3. The zero-order valence-corrected chi connectivity index (χ0v) is 10.9. The van der Waals surface area contributed by atoms with E-state index in [0.717, 1.165) is 11.0 Å². The first-order valence-electron chi connectivity index (χ1n) is 5.53. The highest BCUT2D eigenvalue weighted by atomic mass is 79.9. The zero-order valence-electron chi connectivity index (χ0n) is 9.33. The fraction of sp³-hybridized carbons (Fsp3) is 0.727. The molecule has 1 aromatic heterocycles. The Hall–Kier alpha value is -0.350. The Morgan fingerprint density at radius 2 is 2.40 bits per heavy atom. The summed E-state index contributed by atoms with van der Waals surface area (Å²) in [5, 5.41) is 7.93. The van der Waals surface area contributed by atoms with Crippen molar-refractivity contribution in [3.63, 3.8) is 0 Å². The molecule has 1 saturated carbocycles. The zero-order chi connectivity index (χ0) is 10.9. The highest BCUT2D eigenvalue weighted by molar-refractivity contribution is 9.10. The number of nitrogens with zero attached hydrogens (tertiary/aromatic N) is 2. The summed E-state index contributed by atoms with van der Waals surface area (Å²) >= 11 is 3.40. The second-order valence-corrected chi connectivity index (χ2v) is 5.76. The molecule has 1 unspecified atom stereocenters. The molecule has 4 heteroatoms. The van der Waals surface area contributed by atoms with Gasteiger partial charge in [-0.1, -0.05) is 0 Å². The van der Waals surface area contributed by atoms with Crippen molar-refractivity contribution in [3.05, 3.63) is 16.9 Å². The van der Waals surface area contributed by atoms with Crippen LogP contribution in [0.1, 0.15) is 33.1 Å². The lowest BCUT2D eigenvalue weighted by molar-refractivity contribution is 0.181. The summed E-state index contributed by atoms with van der Waals surface area (Å²) in [6, 6.07) is 0.474. The van der Waals surface area contributed by atoms with E-state index in [-0.39, 0.29) is 0 Å². The summed E-state index contributed by atoms with van der Waals surface area (Å²) in [5.74, 6) is 0. The Morgan fingerprint density at radius 3 is 2.87 bits per heavy atom. The van der Waals surface area contributed by atoms with Gasteiger partial charge in [0.1, 0.15) is 0 Å². The number of hydrogen-bond donors (Lipinski definition) is 1. The van der Waals surface area contributed by atoms with E-state index in [1.54, 1.807) is 0 Å². The Morgan fingerprint density at radius 1 is 1.67 bits per heavy atom. The van der Waals surface area contributed by atoms with Crippen LogP contribution in [0.3, 0.4) is 0 Å². The van der Waals surface area contributed by atoms with Crippen molar-refractivity contribution >= 4 is 15.9 Å². The molecule has 0 saturated heterocycles. The Kier molecular flexibility index (Phi) is 3.16. The van der Waals surface area contributed by atoms with Gasteiger partial charge in [-0.25, -0.2) is 0 Å². The van der Waals surface area contributed by atoms with E-state index < -0.39 is 0 Å². The van der Waals surface area contributed by atoms with Crippen LogP contribution in [0.5, 0.6) is 0 Å². The summed E-state index contributed by atoms with van der Waals surface area (Å²) in [7, 11) is 0. The predicted molar refractivity (Wildman–Crippen MR) is 64.8 cm³/mol. The lowest BCUT2D eigenvalue weighted by Crippen LogP contribution is -2.52. The standard InChI is InChI=1S/C11H18BrN3/c1-9(14-11(2)4-3-5-11)7-15-8-10(12)6-13-15/h6,8-9,14H,3-5,7H2,1-2H3. The van der Waals surface area contributed by atoms with Crippen LogP contribution in [-0.4, -0.2) is 21.4 Å². The Balaban J connectivity index is 1.84. The molecule has 0 spiro atoms. The maximum atomic E-state index is 4.26. The molecule has 0 bridgehead atoms. The van der Waals surface area contributed by atoms with Crippen LogP contribution in [0.4, 0.5) is 0 Å². The monoisotopic (exact) mass is 271 g/mol. The van der Waals surface area contributed by atoms with Crippen LogP contribution in [0.25, 0.3) is 0 Å². The summed E-state index contributed by atoms with van der Waals surface area (Å²) in [5.41, 5.74) is 0.379. The van der Waals surface area contributed by atoms with Crippen LogP contribution in [0.2, 0.25) is 0 Å². The molecule has 0 aliphatic heterocycles. The third kappa shape index (κ3) is 2.82. The van der Waals surface area contributed by atoms with Gasteiger partial charge in [0.2, 0.25) is 0 Å². The van der Waals surface area contributed by atoms with E-state index in [4.69, 9.17) is 0 Å². The van der Waals surface area contributed by atoms with Gasteiger partial charge in [-0.3, -0.25) is 4.68 Å². The molecule has 1 fully saturated rings. The van der Waals surface area contributed by atoms with Crippen LogP contribution in [-0.2, 0) is 6.54 Å². The van der Waals surface area contributed by atoms with Crippen LogP contribution < -0.4 is 5.32 Å². The summed E-state index contributed by atoms with van der Waals surface area (Å²) < 4.78 is 3.02. The van der Waals surface area contributed by atoms with Crippen molar-refractivity contribution in [2.24, 2.45) is 0 Å². The molecule has 1 aliphatic carbocycles. The van der Waals surface area contributed by atoms with Crippen molar-refractivity contribution < 1.29 is 0 Å². The number of aromatic nitrogens is 2. The van der Waals surface area contributed by atoms with Gasteiger partial charge in [0.25, 0.3) is 0 Å². The number of rotatable bonds is 4. The van der Waals surface area contributed by atoms with E-state index in [9.17, 15) is 0 Å². The van der Waals surface area contributed by atoms with Crippen molar-refractivity contribution in [3.8, 4) is 0 Å². The van der Waals surface area contributed by atoms with Crippen LogP contribution in [0.15, 0.2) is 16.9 Å². The third-order valence-corrected chi connectivity index (χ3v) is 3.52. The second-order valence-electron chi connectivity index (χ2n) is 4.84. The minimum atomic E-state index is 0.379. The van der Waals surface area contributed by atoms with Crippen molar-refractivity contribution in [2.75, 3.05) is 0 Å². The number of hydrogen-bond acceptors (Lipinski definition) is 2. The minimum absolute atomic E-state index is 0.379. The Labute approximate surface area is 99.4 Å². The minimum Gasteiger partial charge on any atom is -0.307 e. The summed E-state index contributed by atoms with van der Waals surface area (Å²) in [4.78, 5) is 0. The van der Waals surface area contributed by atoms with E-state index in [1.807, 2.05) is 17.1 Å². The van der Waals surface area contributed by atoms with Gasteiger partial charge in [0, 0.05) is 17.8 Å². The smallest absolute Gasteiger partial charge is 0.0632 e. The first-order chi connectivity index (χ1) is 7.07. The largest absolute Gasteiger partial charge is 0.307 e. The van der Waals surface area contributed by atoms with E-state index in [0.29, 0.717) is 11.6 Å². The quantitative estimate of drug-likeness (QED) is 0.913. The molecule has 0 amide bonds. The molecule has 1 N–H and O–H groups in total. The van der Waals surface area contributed by atoms with Crippen LogP contribution in [0, 0.1) is 0 Å². The fourth-order valence-corrected chi connectivity index (χ4v) is 2.54. The lowest BCUT2D eigenvalue weighted by atomic mass is 9.78. The van der Waals surface area contributed by atoms with E-state index in [1.165, 1.54) is 19.3 Å². The van der Waals surface area contributed by atoms with Crippen LogP contribution >= 0.6 is 15.9 Å². The number of nitrogens with one attached hydrogen (secondary N) is 1. The van der Waals surface area contributed by atoms with E-state index in [2.05, 4.69) is 40.2 Å². The van der Waals surface area contributed by atoms with Gasteiger partial charge >= 0.3 is 0 Å². The first-order valence-corrected chi connectivity index (χ1v) is 6.32. The normalized spacial score (nSPS) is 21.0. The average molecular weight is 272 g/mol. The maximum Gasteiger partial charge on any atom is 0.0632 e. The highest BCUT2D eigenvalue weighted by Crippen LogP contribution is 2.31. The average Bonchev–Trinajstić information content (AvgIpc) is 2.48. The summed E-state index contributed by atoms with van der Waals surface area (Å²) in [6.07, 6.45) is 7.82. The van der Waals surface area contributed by atoms with Gasteiger partial charge in [0.05, 0.1) is 17.2 Å². The first kappa shape index (κ1) is 11.1. The molecule has 3 nitrogen and oxygen atoms in total. The van der Waals surface area contributed by atoms with Crippen molar-refractivity contribution in [1.29, 1.82) is 0 Å². The molecule has 84 valence electrons.